The number of likely N-dealkylation sites (N-methyl/N-ethyl adjacent to an activating group) is 1. The van der Waals surface area contributed by atoms with Crippen molar-refractivity contribution in [1.29, 1.82) is 0 Å². The zero-order valence-corrected chi connectivity index (χ0v) is 46.8. The first-order chi connectivity index (χ1) is 32.5. The first-order valence-electron chi connectivity index (χ1n) is 29.9. The van der Waals surface area contributed by atoms with Crippen LogP contribution in [0.3, 0.4) is 0 Å². The number of unbranched alkanes of at least 4 members (excludes halogenated alkanes) is 43. The molecule has 8 nitrogen and oxygen atoms in total. The highest BCUT2D eigenvalue weighted by Gasteiger charge is 2.24. The third kappa shape index (κ3) is 53.1. The lowest BCUT2D eigenvalue weighted by Crippen LogP contribution is -2.46. The van der Waals surface area contributed by atoms with E-state index in [4.69, 9.17) is 9.05 Å². The number of quaternary nitrogens is 1. The fourth-order valence-electron chi connectivity index (χ4n) is 9.40. The zero-order valence-electron chi connectivity index (χ0n) is 45.9. The summed E-state index contributed by atoms with van der Waals surface area (Å²) in [6.07, 6.45) is 60.3. The molecule has 0 radical (unpaired) electrons. The molecule has 0 aliphatic heterocycles. The van der Waals surface area contributed by atoms with Crippen molar-refractivity contribution in [3.63, 3.8) is 0 Å². The van der Waals surface area contributed by atoms with Crippen molar-refractivity contribution in [2.24, 2.45) is 0 Å². The van der Waals surface area contributed by atoms with Crippen LogP contribution in [0.15, 0.2) is 0 Å². The maximum absolute atomic E-state index is 12.9. The second-order valence-corrected chi connectivity index (χ2v) is 23.5. The number of amides is 1. The minimum Gasteiger partial charge on any atom is -0.756 e. The van der Waals surface area contributed by atoms with Gasteiger partial charge in [0, 0.05) is 6.42 Å². The maximum atomic E-state index is 12.9. The van der Waals surface area contributed by atoms with Crippen LogP contribution in [0, 0.1) is 0 Å². The number of hydrogen-bond donors (Lipinski definition) is 2. The second kappa shape index (κ2) is 50.4. The number of rotatable bonds is 56. The van der Waals surface area contributed by atoms with E-state index in [9.17, 15) is 19.4 Å². The first-order valence-corrected chi connectivity index (χ1v) is 31.3. The fraction of sp³-hybridized carbons (Fsp3) is 0.983. The quantitative estimate of drug-likeness (QED) is 0.0357. The minimum absolute atomic E-state index is 0.0162. The molecule has 0 aliphatic rings. The lowest BCUT2D eigenvalue weighted by Gasteiger charge is -2.30. The summed E-state index contributed by atoms with van der Waals surface area (Å²) in [6.45, 7) is 4.75. The largest absolute Gasteiger partial charge is 0.756 e. The Labute approximate surface area is 419 Å². The van der Waals surface area contributed by atoms with Gasteiger partial charge in [-0.15, -0.1) is 0 Å². The van der Waals surface area contributed by atoms with Gasteiger partial charge in [0.15, 0.2) is 0 Å². The van der Waals surface area contributed by atoms with Crippen molar-refractivity contribution in [2.45, 2.75) is 328 Å². The van der Waals surface area contributed by atoms with Crippen LogP contribution in [0.2, 0.25) is 0 Å². The molecule has 3 unspecified atom stereocenters. The van der Waals surface area contributed by atoms with Crippen LogP contribution in [0.4, 0.5) is 0 Å². The average Bonchev–Trinajstić information content (AvgIpc) is 3.29. The number of aliphatic hydroxyl groups excluding tert-OH is 1. The van der Waals surface area contributed by atoms with Gasteiger partial charge in [-0.2, -0.15) is 0 Å². The molecule has 0 aromatic rings. The van der Waals surface area contributed by atoms with Gasteiger partial charge < -0.3 is 28.8 Å². The van der Waals surface area contributed by atoms with Crippen molar-refractivity contribution in [3.05, 3.63) is 0 Å². The molecule has 0 fully saturated rings. The van der Waals surface area contributed by atoms with Crippen molar-refractivity contribution < 1.29 is 32.9 Å². The number of carbonyl (C=O) groups is 1. The summed E-state index contributed by atoms with van der Waals surface area (Å²) in [7, 11) is 1.32. The molecule has 0 aromatic carbocycles. The Morgan fingerprint density at radius 3 is 1.01 bits per heavy atom. The number of nitrogens with zero attached hydrogens (tertiary/aromatic N) is 1. The number of hydrogen-bond acceptors (Lipinski definition) is 6. The predicted molar refractivity (Wildman–Crippen MR) is 289 cm³/mol. The summed E-state index contributed by atoms with van der Waals surface area (Å²) in [5.41, 5.74) is 0. The summed E-state index contributed by atoms with van der Waals surface area (Å²) >= 11 is 0. The minimum atomic E-state index is -4.56. The van der Waals surface area contributed by atoms with E-state index in [0.717, 1.165) is 38.5 Å². The lowest BCUT2D eigenvalue weighted by molar-refractivity contribution is -0.870. The molecular formula is C58H119N2O6P. The average molecular weight is 972 g/mol. The molecule has 402 valence electrons. The van der Waals surface area contributed by atoms with Crippen LogP contribution in [-0.2, 0) is 18.4 Å². The third-order valence-electron chi connectivity index (χ3n) is 14.1. The molecule has 3 atom stereocenters. The topological polar surface area (TPSA) is 108 Å². The number of nitrogens with one attached hydrogen (secondary N) is 1. The van der Waals surface area contributed by atoms with E-state index in [2.05, 4.69) is 19.2 Å². The monoisotopic (exact) mass is 971 g/mol. The molecular weight excluding hydrogens is 852 g/mol. The van der Waals surface area contributed by atoms with Crippen molar-refractivity contribution >= 4 is 13.7 Å². The van der Waals surface area contributed by atoms with Crippen LogP contribution in [-0.4, -0.2) is 68.5 Å². The molecule has 9 heteroatoms. The number of carbonyl (C=O) groups excluding carboxylic acids is 1. The number of phosphoric acid groups is 1. The molecule has 67 heavy (non-hydrogen) atoms. The summed E-state index contributed by atoms with van der Waals surface area (Å²) in [6, 6.07) is -0.794. The highest BCUT2D eigenvalue weighted by molar-refractivity contribution is 7.45. The van der Waals surface area contributed by atoms with Crippen LogP contribution in [0.5, 0.6) is 0 Å². The Balaban J connectivity index is 3.85. The predicted octanol–water partition coefficient (Wildman–Crippen LogP) is 17.4. The highest BCUT2D eigenvalue weighted by atomic mass is 31.2. The second-order valence-electron chi connectivity index (χ2n) is 22.1. The Hall–Kier alpha value is -0.500. The Morgan fingerprint density at radius 2 is 0.731 bits per heavy atom. The van der Waals surface area contributed by atoms with Gasteiger partial charge in [-0.1, -0.05) is 296 Å². The Morgan fingerprint density at radius 1 is 0.463 bits per heavy atom. The molecule has 0 aliphatic carbocycles. The molecule has 0 aromatic heterocycles. The van der Waals surface area contributed by atoms with Gasteiger partial charge in [-0.05, 0) is 12.8 Å². The van der Waals surface area contributed by atoms with Crippen LogP contribution in [0.1, 0.15) is 316 Å². The van der Waals surface area contributed by atoms with E-state index in [1.165, 1.54) is 250 Å². The number of phosphoric ester groups is 1. The first kappa shape index (κ1) is 66.5. The maximum Gasteiger partial charge on any atom is 0.268 e. The molecule has 0 rings (SSSR count). The Kier molecular flexibility index (Phi) is 50.1. The third-order valence-corrected chi connectivity index (χ3v) is 15.1. The van der Waals surface area contributed by atoms with Crippen molar-refractivity contribution in [1.82, 2.24) is 5.32 Å². The highest BCUT2D eigenvalue weighted by Crippen LogP contribution is 2.38. The van der Waals surface area contributed by atoms with E-state index < -0.39 is 20.0 Å². The SMILES string of the molecule is CCCCCCCCCCCCCCCCCCCCCCCCCCCCCCCCCCCCC(=O)NC(COP(=O)([O-])OCC[N+](C)(C)C)C(O)CCCCCCCCCCCCC. The van der Waals surface area contributed by atoms with Crippen LogP contribution < -0.4 is 10.2 Å². The lowest BCUT2D eigenvalue weighted by atomic mass is 10.0. The normalized spacial score (nSPS) is 13.8. The summed E-state index contributed by atoms with van der Waals surface area (Å²) in [5.74, 6) is -0.158. The molecule has 2 N–H and O–H groups in total. The summed E-state index contributed by atoms with van der Waals surface area (Å²) in [5, 5.41) is 14.0. The zero-order chi connectivity index (χ0) is 49.2. The van der Waals surface area contributed by atoms with Gasteiger partial charge in [-0.3, -0.25) is 9.36 Å². The van der Waals surface area contributed by atoms with E-state index in [1.54, 1.807) is 0 Å². The van der Waals surface area contributed by atoms with Gasteiger partial charge in [0.2, 0.25) is 5.91 Å². The fourth-order valence-corrected chi connectivity index (χ4v) is 10.1. The summed E-state index contributed by atoms with van der Waals surface area (Å²) < 4.78 is 23.3. The molecule has 0 saturated heterocycles. The molecule has 0 saturated carbocycles. The molecule has 1 amide bonds. The van der Waals surface area contributed by atoms with Gasteiger partial charge in [0.1, 0.15) is 13.2 Å². The van der Waals surface area contributed by atoms with Crippen LogP contribution in [0.25, 0.3) is 0 Å². The van der Waals surface area contributed by atoms with Gasteiger partial charge in [-0.25, -0.2) is 0 Å². The summed E-state index contributed by atoms with van der Waals surface area (Å²) in [4.78, 5) is 25.4. The van der Waals surface area contributed by atoms with E-state index in [0.29, 0.717) is 23.9 Å². The van der Waals surface area contributed by atoms with Crippen molar-refractivity contribution in [3.8, 4) is 0 Å². The van der Waals surface area contributed by atoms with Gasteiger partial charge in [0.25, 0.3) is 7.82 Å². The molecule has 0 bridgehead atoms. The van der Waals surface area contributed by atoms with Crippen LogP contribution >= 0.6 is 7.82 Å². The molecule has 0 heterocycles. The van der Waals surface area contributed by atoms with E-state index in [1.807, 2.05) is 21.1 Å². The smallest absolute Gasteiger partial charge is 0.268 e. The van der Waals surface area contributed by atoms with Gasteiger partial charge >= 0.3 is 0 Å². The van der Waals surface area contributed by atoms with E-state index >= 15 is 0 Å². The standard InChI is InChI=1S/C58H119N2O6P/c1-6-8-10-12-14-16-18-19-20-21-22-23-24-25-26-27-28-29-30-31-32-33-34-35-36-37-38-39-40-42-44-46-48-50-52-58(62)59-56(55-66-67(63,64)65-54-53-60(3,4)5)57(61)51-49-47-45-43-41-17-15-13-11-9-7-2/h56-57,61H,6-55H2,1-5H3,(H-,59,62,63,64). The van der Waals surface area contributed by atoms with Crippen molar-refractivity contribution in [2.75, 3.05) is 40.9 Å². The van der Waals surface area contributed by atoms with Gasteiger partial charge in [0.05, 0.1) is 39.9 Å². The molecule has 0 spiro atoms. The Bertz CT molecular complexity index is 1060. The number of aliphatic hydroxyl groups is 1. The van der Waals surface area contributed by atoms with E-state index in [-0.39, 0.29) is 19.1 Å².